The maximum absolute atomic E-state index is 4.29. The van der Waals surface area contributed by atoms with E-state index in [-0.39, 0.29) is 5.92 Å². The standard InChI is InChI=1S/C50H36N2/c1-33-13-8-11-22-45(33)52(38-29-31-51-32-30-38)37-25-23-34(24-26-37)39-27-28-44-48-40(39)20-12-21-43(48)49-46(35-14-4-2-5-15-35)41-18-9-10-19-42(41)47(50(44)49)36-16-6-3-7-17-36/h2-20,22-32,43H,21H2,1H3. The van der Waals surface area contributed by atoms with Crippen LogP contribution in [-0.4, -0.2) is 4.98 Å². The quantitative estimate of drug-likeness (QED) is 0.176. The number of hydrogen-bond donors (Lipinski definition) is 0. The van der Waals surface area contributed by atoms with Gasteiger partial charge in [0, 0.05) is 35.4 Å². The third-order valence-corrected chi connectivity index (χ3v) is 11.0. The van der Waals surface area contributed by atoms with Crippen molar-refractivity contribution in [1.82, 2.24) is 4.98 Å². The average Bonchev–Trinajstić information content (AvgIpc) is 3.54. The number of nitrogens with zero attached hydrogens (tertiary/aromatic N) is 2. The highest BCUT2D eigenvalue weighted by atomic mass is 15.1. The average molecular weight is 665 g/mol. The Morgan fingerprint density at radius 1 is 0.500 bits per heavy atom. The lowest BCUT2D eigenvalue weighted by Crippen LogP contribution is -2.11. The van der Waals surface area contributed by atoms with Crippen LogP contribution in [0.2, 0.25) is 0 Å². The zero-order valence-corrected chi connectivity index (χ0v) is 29.0. The Morgan fingerprint density at radius 2 is 1.10 bits per heavy atom. The summed E-state index contributed by atoms with van der Waals surface area (Å²) >= 11 is 0. The maximum atomic E-state index is 4.29. The van der Waals surface area contributed by atoms with E-state index in [4.69, 9.17) is 0 Å². The molecule has 0 aliphatic heterocycles. The fourth-order valence-corrected chi connectivity index (χ4v) is 8.80. The van der Waals surface area contributed by atoms with Crippen LogP contribution in [0.1, 0.15) is 34.6 Å². The summed E-state index contributed by atoms with van der Waals surface area (Å²) in [5, 5.41) is 2.62. The van der Waals surface area contributed by atoms with Crippen molar-refractivity contribution in [1.29, 1.82) is 0 Å². The number of pyridine rings is 1. The minimum absolute atomic E-state index is 0.273. The predicted octanol–water partition coefficient (Wildman–Crippen LogP) is 13.5. The van der Waals surface area contributed by atoms with Crippen molar-refractivity contribution in [3.63, 3.8) is 0 Å². The molecule has 0 N–H and O–H groups in total. The third-order valence-electron chi connectivity index (χ3n) is 11.0. The van der Waals surface area contributed by atoms with Gasteiger partial charge in [0.1, 0.15) is 0 Å². The highest BCUT2D eigenvalue weighted by Gasteiger charge is 2.38. The zero-order valence-electron chi connectivity index (χ0n) is 29.0. The van der Waals surface area contributed by atoms with Crippen molar-refractivity contribution in [2.45, 2.75) is 19.3 Å². The lowest BCUT2D eigenvalue weighted by atomic mass is 9.79. The molecule has 0 saturated carbocycles. The van der Waals surface area contributed by atoms with Crippen LogP contribution in [0.15, 0.2) is 176 Å². The summed E-state index contributed by atoms with van der Waals surface area (Å²) in [6.45, 7) is 2.17. The lowest BCUT2D eigenvalue weighted by molar-refractivity contribution is 0.847. The summed E-state index contributed by atoms with van der Waals surface area (Å²) in [6.07, 6.45) is 9.49. The zero-order chi connectivity index (χ0) is 34.6. The van der Waals surface area contributed by atoms with E-state index in [9.17, 15) is 0 Å². The lowest BCUT2D eigenvalue weighted by Gasteiger charge is -2.27. The fraction of sp³-hybridized carbons (Fsp3) is 0.0600. The highest BCUT2D eigenvalue weighted by molar-refractivity contribution is 6.15. The molecule has 2 heteroatoms. The normalized spacial score (nSPS) is 13.9. The number of rotatable bonds is 6. The van der Waals surface area contributed by atoms with Gasteiger partial charge in [-0.1, -0.05) is 140 Å². The summed E-state index contributed by atoms with van der Waals surface area (Å²) in [6, 6.07) is 57.6. The molecule has 0 spiro atoms. The molecule has 1 heterocycles. The van der Waals surface area contributed by atoms with Gasteiger partial charge < -0.3 is 4.90 Å². The molecule has 10 rings (SSSR count). The van der Waals surface area contributed by atoms with E-state index in [1.54, 1.807) is 0 Å². The molecule has 0 radical (unpaired) electrons. The molecule has 7 aromatic carbocycles. The maximum Gasteiger partial charge on any atom is 0.0492 e. The van der Waals surface area contributed by atoms with Crippen LogP contribution in [0.3, 0.4) is 0 Å². The molecule has 0 amide bonds. The SMILES string of the molecule is Cc1ccccc1N(c1ccncc1)c1ccc(-c2ccc3c4c2C=CCC4c2c-3c(-c3ccccc3)c3ccccc3c2-c2ccccc2)cc1. The van der Waals surface area contributed by atoms with E-state index in [1.165, 1.54) is 77.5 Å². The van der Waals surface area contributed by atoms with Gasteiger partial charge >= 0.3 is 0 Å². The number of benzene rings is 7. The Kier molecular flexibility index (Phi) is 7.21. The van der Waals surface area contributed by atoms with Gasteiger partial charge in [-0.3, -0.25) is 4.98 Å². The number of allylic oxidation sites excluding steroid dienone is 1. The van der Waals surface area contributed by atoms with Crippen molar-refractivity contribution in [3.8, 4) is 44.5 Å². The number of aromatic nitrogens is 1. The monoisotopic (exact) mass is 664 g/mol. The van der Waals surface area contributed by atoms with E-state index >= 15 is 0 Å². The number of aryl methyl sites for hydroxylation is 1. The van der Waals surface area contributed by atoms with Gasteiger partial charge in [0.2, 0.25) is 0 Å². The molecule has 1 atom stereocenters. The molecule has 8 aromatic rings. The van der Waals surface area contributed by atoms with Crippen LogP contribution in [0.4, 0.5) is 17.1 Å². The Labute approximate surface area is 305 Å². The Balaban J connectivity index is 1.17. The smallest absolute Gasteiger partial charge is 0.0492 e. The molecule has 52 heavy (non-hydrogen) atoms. The van der Waals surface area contributed by atoms with Crippen LogP contribution in [0, 0.1) is 6.92 Å². The summed E-state index contributed by atoms with van der Waals surface area (Å²) in [5.41, 5.74) is 19.4. The van der Waals surface area contributed by atoms with E-state index in [2.05, 4.69) is 187 Å². The van der Waals surface area contributed by atoms with Crippen LogP contribution in [0.5, 0.6) is 0 Å². The Hall–Kier alpha value is -6.51. The molecule has 2 nitrogen and oxygen atoms in total. The van der Waals surface area contributed by atoms with Gasteiger partial charge in [-0.05, 0) is 121 Å². The van der Waals surface area contributed by atoms with Crippen molar-refractivity contribution >= 4 is 33.9 Å². The van der Waals surface area contributed by atoms with E-state index in [1.807, 2.05) is 12.4 Å². The van der Waals surface area contributed by atoms with Crippen LogP contribution in [-0.2, 0) is 0 Å². The van der Waals surface area contributed by atoms with Crippen molar-refractivity contribution in [2.75, 3.05) is 4.90 Å². The van der Waals surface area contributed by atoms with Gasteiger partial charge in [-0.2, -0.15) is 0 Å². The summed E-state index contributed by atoms with van der Waals surface area (Å²) < 4.78 is 0. The second kappa shape index (κ2) is 12.4. The predicted molar refractivity (Wildman–Crippen MR) is 218 cm³/mol. The van der Waals surface area contributed by atoms with Crippen LogP contribution in [0.25, 0.3) is 61.4 Å². The van der Waals surface area contributed by atoms with Gasteiger partial charge in [0.15, 0.2) is 0 Å². The molecule has 2 aliphatic rings. The van der Waals surface area contributed by atoms with Crippen LogP contribution >= 0.6 is 0 Å². The topological polar surface area (TPSA) is 16.1 Å². The summed E-state index contributed by atoms with van der Waals surface area (Å²) in [7, 11) is 0. The first kappa shape index (κ1) is 30.3. The van der Waals surface area contributed by atoms with Gasteiger partial charge in [0.05, 0.1) is 0 Å². The largest absolute Gasteiger partial charge is 0.310 e. The molecule has 2 aliphatic carbocycles. The van der Waals surface area contributed by atoms with E-state index in [0.29, 0.717) is 0 Å². The van der Waals surface area contributed by atoms with Crippen LogP contribution < -0.4 is 4.90 Å². The highest BCUT2D eigenvalue weighted by Crippen LogP contribution is 2.59. The molecule has 0 bridgehead atoms. The minimum Gasteiger partial charge on any atom is -0.310 e. The molecule has 246 valence electrons. The first-order valence-corrected chi connectivity index (χ1v) is 18.2. The molecule has 1 aromatic heterocycles. The number of fused-ring (bicyclic) bond motifs is 4. The minimum atomic E-state index is 0.273. The number of hydrogen-bond acceptors (Lipinski definition) is 2. The third kappa shape index (κ3) is 4.76. The van der Waals surface area contributed by atoms with Crippen molar-refractivity contribution in [3.05, 3.63) is 198 Å². The van der Waals surface area contributed by atoms with Gasteiger partial charge in [-0.25, -0.2) is 0 Å². The molecule has 0 fully saturated rings. The molecular weight excluding hydrogens is 629 g/mol. The summed E-state index contributed by atoms with van der Waals surface area (Å²) in [5.74, 6) is 0.273. The number of para-hydroxylation sites is 1. The van der Waals surface area contributed by atoms with E-state index in [0.717, 1.165) is 23.5 Å². The molecule has 0 saturated heterocycles. The van der Waals surface area contributed by atoms with Crippen molar-refractivity contribution < 1.29 is 0 Å². The molecule has 1 unspecified atom stereocenters. The van der Waals surface area contributed by atoms with E-state index < -0.39 is 0 Å². The first-order chi connectivity index (χ1) is 25.8. The Bertz CT molecular complexity index is 2640. The first-order valence-electron chi connectivity index (χ1n) is 18.2. The van der Waals surface area contributed by atoms with Gasteiger partial charge in [0.25, 0.3) is 0 Å². The van der Waals surface area contributed by atoms with Crippen molar-refractivity contribution in [2.24, 2.45) is 0 Å². The second-order valence-electron chi connectivity index (χ2n) is 13.9. The Morgan fingerprint density at radius 3 is 1.81 bits per heavy atom. The second-order valence-corrected chi connectivity index (χ2v) is 13.9. The molecular formula is C50H36N2. The fourth-order valence-electron chi connectivity index (χ4n) is 8.80. The number of anilines is 3. The van der Waals surface area contributed by atoms with Gasteiger partial charge in [-0.15, -0.1) is 0 Å². The summed E-state index contributed by atoms with van der Waals surface area (Å²) in [4.78, 5) is 6.61.